The van der Waals surface area contributed by atoms with Gasteiger partial charge in [0.15, 0.2) is 0 Å². The van der Waals surface area contributed by atoms with Crippen molar-refractivity contribution in [2.24, 2.45) is 0 Å². The lowest BCUT2D eigenvalue weighted by molar-refractivity contribution is -0.0105. The number of aliphatic hydroxyl groups is 1. The van der Waals surface area contributed by atoms with Crippen molar-refractivity contribution in [3.05, 3.63) is 23.9 Å². The summed E-state index contributed by atoms with van der Waals surface area (Å²) in [4.78, 5) is 6.32. The van der Waals surface area contributed by atoms with Crippen molar-refractivity contribution in [2.75, 3.05) is 24.7 Å². The summed E-state index contributed by atoms with van der Waals surface area (Å²) in [5, 5.41) is 17.9. The summed E-state index contributed by atoms with van der Waals surface area (Å²) in [6.45, 7) is 3.19. The molecule has 2 atom stereocenters. The van der Waals surface area contributed by atoms with E-state index in [9.17, 15) is 0 Å². The van der Waals surface area contributed by atoms with Crippen molar-refractivity contribution in [3.8, 4) is 6.07 Å². The van der Waals surface area contributed by atoms with Crippen LogP contribution in [0.5, 0.6) is 0 Å². The second-order valence-electron chi connectivity index (χ2n) is 4.13. The summed E-state index contributed by atoms with van der Waals surface area (Å²) in [7, 11) is 0. The molecule has 0 spiro atoms. The van der Waals surface area contributed by atoms with Gasteiger partial charge in [-0.05, 0) is 19.1 Å². The number of hydrogen-bond donors (Lipinski definition) is 1. The summed E-state index contributed by atoms with van der Waals surface area (Å²) < 4.78 is 5.46. The quantitative estimate of drug-likeness (QED) is 0.807. The van der Waals surface area contributed by atoms with Crippen LogP contribution in [-0.2, 0) is 4.74 Å². The molecule has 90 valence electrons. The Morgan fingerprint density at radius 1 is 1.65 bits per heavy atom. The van der Waals surface area contributed by atoms with E-state index in [0.29, 0.717) is 18.8 Å². The third kappa shape index (κ3) is 2.54. The Bertz CT molecular complexity index is 430. The van der Waals surface area contributed by atoms with E-state index in [1.54, 1.807) is 6.07 Å². The van der Waals surface area contributed by atoms with Gasteiger partial charge in [0, 0.05) is 6.54 Å². The highest BCUT2D eigenvalue weighted by molar-refractivity contribution is 5.43. The molecule has 0 amide bonds. The summed E-state index contributed by atoms with van der Waals surface area (Å²) in [5.41, 5.74) is 0.404. The summed E-state index contributed by atoms with van der Waals surface area (Å²) in [6.07, 6.45) is -0.182. The number of ether oxygens (including phenoxy) is 1. The molecule has 1 aromatic heterocycles. The molecule has 5 heteroatoms. The molecule has 1 aromatic rings. The minimum Gasteiger partial charge on any atom is -0.394 e. The average Bonchev–Trinajstić information content (AvgIpc) is 2.39. The van der Waals surface area contributed by atoms with Crippen molar-refractivity contribution in [1.29, 1.82) is 5.26 Å². The van der Waals surface area contributed by atoms with Gasteiger partial charge in [0.25, 0.3) is 0 Å². The zero-order valence-electron chi connectivity index (χ0n) is 9.71. The van der Waals surface area contributed by atoms with Gasteiger partial charge in [-0.25, -0.2) is 4.98 Å². The van der Waals surface area contributed by atoms with Gasteiger partial charge < -0.3 is 14.7 Å². The number of hydrogen-bond acceptors (Lipinski definition) is 5. The van der Waals surface area contributed by atoms with Crippen molar-refractivity contribution in [1.82, 2.24) is 4.98 Å². The van der Waals surface area contributed by atoms with Gasteiger partial charge in [-0.2, -0.15) is 5.26 Å². The molecule has 2 heterocycles. The van der Waals surface area contributed by atoms with E-state index in [0.717, 1.165) is 5.82 Å². The molecular formula is C12H15N3O2. The summed E-state index contributed by atoms with van der Waals surface area (Å²) in [5.74, 6) is 0.762. The number of morpholine rings is 1. The number of aliphatic hydroxyl groups excluding tert-OH is 1. The molecule has 0 saturated carbocycles. The molecule has 0 radical (unpaired) electrons. The number of nitrogens with zero attached hydrogens (tertiary/aromatic N) is 3. The van der Waals surface area contributed by atoms with Crippen LogP contribution in [0.1, 0.15) is 12.6 Å². The van der Waals surface area contributed by atoms with E-state index in [-0.39, 0.29) is 18.8 Å². The first kappa shape index (κ1) is 11.8. The van der Waals surface area contributed by atoms with Gasteiger partial charge >= 0.3 is 0 Å². The lowest BCUT2D eigenvalue weighted by atomic mass is 10.2. The number of nitriles is 1. The number of rotatable bonds is 2. The van der Waals surface area contributed by atoms with E-state index >= 15 is 0 Å². The topological polar surface area (TPSA) is 69.4 Å². The van der Waals surface area contributed by atoms with Crippen molar-refractivity contribution in [3.63, 3.8) is 0 Å². The fraction of sp³-hybridized carbons (Fsp3) is 0.500. The van der Waals surface area contributed by atoms with Gasteiger partial charge in [-0.15, -0.1) is 0 Å². The van der Waals surface area contributed by atoms with Crippen LogP contribution in [-0.4, -0.2) is 42.0 Å². The van der Waals surface area contributed by atoms with Crippen molar-refractivity contribution in [2.45, 2.75) is 19.1 Å². The van der Waals surface area contributed by atoms with E-state index in [4.69, 9.17) is 15.1 Å². The molecule has 1 saturated heterocycles. The van der Waals surface area contributed by atoms with Crippen LogP contribution < -0.4 is 4.90 Å². The Labute approximate surface area is 100 Å². The third-order valence-corrected chi connectivity index (χ3v) is 2.85. The van der Waals surface area contributed by atoms with Crippen LogP contribution in [0.2, 0.25) is 0 Å². The maximum Gasteiger partial charge on any atom is 0.142 e. The molecule has 0 aliphatic carbocycles. The highest BCUT2D eigenvalue weighted by Crippen LogP contribution is 2.19. The zero-order chi connectivity index (χ0) is 12.3. The monoisotopic (exact) mass is 233 g/mol. The normalized spacial score (nSPS) is 24.4. The van der Waals surface area contributed by atoms with E-state index in [1.165, 1.54) is 0 Å². The Kier molecular flexibility index (Phi) is 3.57. The predicted molar refractivity (Wildman–Crippen MR) is 62.6 cm³/mol. The second kappa shape index (κ2) is 5.13. The van der Waals surface area contributed by atoms with Crippen LogP contribution >= 0.6 is 0 Å². The van der Waals surface area contributed by atoms with Crippen LogP contribution in [0.25, 0.3) is 0 Å². The van der Waals surface area contributed by atoms with Crippen LogP contribution in [0, 0.1) is 11.3 Å². The number of anilines is 1. The molecule has 1 fully saturated rings. The highest BCUT2D eigenvalue weighted by atomic mass is 16.5. The minimum atomic E-state index is -0.182. The minimum absolute atomic E-state index is 0.00115. The lowest BCUT2D eigenvalue weighted by Gasteiger charge is -2.38. The summed E-state index contributed by atoms with van der Waals surface area (Å²) in [6, 6.07) is 7.59. The van der Waals surface area contributed by atoms with Crippen LogP contribution in [0.4, 0.5) is 5.82 Å². The molecule has 5 nitrogen and oxygen atoms in total. The Balaban J connectivity index is 2.21. The fourth-order valence-electron chi connectivity index (χ4n) is 1.89. The highest BCUT2D eigenvalue weighted by Gasteiger charge is 2.26. The molecule has 1 aliphatic rings. The maximum atomic E-state index is 9.12. The molecule has 1 N–H and O–H groups in total. The largest absolute Gasteiger partial charge is 0.394 e. The molecule has 0 aromatic carbocycles. The Hall–Kier alpha value is -1.64. The second-order valence-corrected chi connectivity index (χ2v) is 4.13. The molecule has 2 rings (SSSR count). The number of aromatic nitrogens is 1. The van der Waals surface area contributed by atoms with Crippen LogP contribution in [0.15, 0.2) is 18.2 Å². The first-order valence-electron chi connectivity index (χ1n) is 5.61. The van der Waals surface area contributed by atoms with Gasteiger partial charge in [-0.1, -0.05) is 6.07 Å². The standard InChI is InChI=1S/C12H15N3O2/c1-9-8-17-11(7-16)6-15(9)12-4-2-3-10(5-13)14-12/h2-4,9,11,16H,6-8H2,1H3. The molecule has 0 bridgehead atoms. The van der Waals surface area contributed by atoms with E-state index in [2.05, 4.69) is 9.88 Å². The van der Waals surface area contributed by atoms with Gasteiger partial charge in [0.1, 0.15) is 17.6 Å². The van der Waals surface area contributed by atoms with Crippen molar-refractivity contribution >= 4 is 5.82 Å². The first-order chi connectivity index (χ1) is 8.24. The predicted octanol–water partition coefficient (Wildman–Crippen LogP) is 0.539. The Morgan fingerprint density at radius 3 is 3.18 bits per heavy atom. The van der Waals surface area contributed by atoms with Gasteiger partial charge in [0.05, 0.1) is 25.4 Å². The fourth-order valence-corrected chi connectivity index (χ4v) is 1.89. The number of pyridine rings is 1. The molecule has 1 aliphatic heterocycles. The van der Waals surface area contributed by atoms with Gasteiger partial charge in [0.2, 0.25) is 0 Å². The smallest absolute Gasteiger partial charge is 0.142 e. The van der Waals surface area contributed by atoms with E-state index < -0.39 is 0 Å². The SMILES string of the molecule is CC1COC(CO)CN1c1cccc(C#N)n1. The van der Waals surface area contributed by atoms with Crippen LogP contribution in [0.3, 0.4) is 0 Å². The maximum absolute atomic E-state index is 9.12. The molecule has 17 heavy (non-hydrogen) atoms. The van der Waals surface area contributed by atoms with Crippen molar-refractivity contribution < 1.29 is 9.84 Å². The lowest BCUT2D eigenvalue weighted by Crippen LogP contribution is -2.50. The molecular weight excluding hydrogens is 218 g/mol. The average molecular weight is 233 g/mol. The molecule has 2 unspecified atom stereocenters. The van der Waals surface area contributed by atoms with E-state index in [1.807, 2.05) is 25.1 Å². The van der Waals surface area contributed by atoms with Gasteiger partial charge in [-0.3, -0.25) is 0 Å². The Morgan fingerprint density at radius 2 is 2.47 bits per heavy atom. The summed E-state index contributed by atoms with van der Waals surface area (Å²) >= 11 is 0. The first-order valence-corrected chi connectivity index (χ1v) is 5.61. The third-order valence-electron chi connectivity index (χ3n) is 2.85. The zero-order valence-corrected chi connectivity index (χ0v) is 9.71.